The number of rotatable bonds is 8. The monoisotopic (exact) mass is 471 g/mol. The number of carboxylic acid groups (broad SMARTS) is 1. The van der Waals surface area contributed by atoms with Gasteiger partial charge < -0.3 is 5.11 Å². The topological polar surface area (TPSA) is 122 Å². The van der Waals surface area contributed by atoms with Gasteiger partial charge in [-0.3, -0.25) is 4.79 Å². The van der Waals surface area contributed by atoms with Crippen LogP contribution in [0.5, 0.6) is 0 Å². The van der Waals surface area contributed by atoms with Crippen LogP contribution in [0, 0.1) is 5.92 Å². The summed E-state index contributed by atoms with van der Waals surface area (Å²) in [7, 11) is 0. The number of aromatic amines is 1. The predicted molar refractivity (Wildman–Crippen MR) is 131 cm³/mol. The Morgan fingerprint density at radius 1 is 1.06 bits per heavy atom. The molecule has 0 atom stereocenters. The van der Waals surface area contributed by atoms with E-state index in [1.165, 1.54) is 0 Å². The van der Waals surface area contributed by atoms with Crippen LogP contribution in [0.15, 0.2) is 48.5 Å². The standard InChI is InChI=1S/C26H29N7O2/c1-2-5-23-27-25(19-12-14-20(15-13-19)26(34)35)33(30-23)16-17-8-10-18(11-9-17)21-6-3-4-7-22(21)24-28-31-32-29-24/h3-4,6-11,19-20H,2,5,12-16H2,1H3,(H,34,35)(H,28,29,31,32). The molecule has 2 N–H and O–H groups in total. The number of carbonyl (C=O) groups is 1. The van der Waals surface area contributed by atoms with Gasteiger partial charge in [-0.25, -0.2) is 14.8 Å². The SMILES string of the molecule is CCCc1nc(C2CCC(C(=O)O)CC2)n(Cc2ccc(-c3ccccc3-c3nnn[nH]3)cc2)n1. The van der Waals surface area contributed by atoms with E-state index < -0.39 is 5.97 Å². The second kappa shape index (κ2) is 10.2. The molecule has 9 nitrogen and oxygen atoms in total. The first-order valence-corrected chi connectivity index (χ1v) is 12.2. The fourth-order valence-corrected chi connectivity index (χ4v) is 4.93. The van der Waals surface area contributed by atoms with E-state index in [4.69, 9.17) is 10.1 Å². The van der Waals surface area contributed by atoms with Crippen molar-refractivity contribution in [2.45, 2.75) is 57.9 Å². The minimum atomic E-state index is -0.683. The third-order valence-electron chi connectivity index (χ3n) is 6.78. The molecule has 0 amide bonds. The van der Waals surface area contributed by atoms with Gasteiger partial charge in [0.15, 0.2) is 11.6 Å². The molecular formula is C26H29N7O2. The number of benzene rings is 2. The molecule has 0 bridgehead atoms. The zero-order valence-electron chi connectivity index (χ0n) is 19.8. The highest BCUT2D eigenvalue weighted by Gasteiger charge is 2.30. The molecule has 0 unspecified atom stereocenters. The third-order valence-corrected chi connectivity index (χ3v) is 6.78. The third kappa shape index (κ3) is 4.99. The van der Waals surface area contributed by atoms with Crippen LogP contribution in [0.2, 0.25) is 0 Å². The molecular weight excluding hydrogens is 442 g/mol. The molecule has 0 spiro atoms. The maximum absolute atomic E-state index is 11.4. The Balaban J connectivity index is 1.37. The Morgan fingerprint density at radius 2 is 1.80 bits per heavy atom. The highest BCUT2D eigenvalue weighted by atomic mass is 16.4. The zero-order valence-corrected chi connectivity index (χ0v) is 19.8. The van der Waals surface area contributed by atoms with Gasteiger partial charge in [-0.1, -0.05) is 55.5 Å². The number of carboxylic acids is 1. The van der Waals surface area contributed by atoms with Gasteiger partial charge in [0.2, 0.25) is 0 Å². The summed E-state index contributed by atoms with van der Waals surface area (Å²) in [4.78, 5) is 16.2. The lowest BCUT2D eigenvalue weighted by molar-refractivity contribution is -0.142. The summed E-state index contributed by atoms with van der Waals surface area (Å²) in [5.74, 6) is 1.83. The highest BCUT2D eigenvalue weighted by molar-refractivity contribution is 5.80. The molecule has 2 aromatic heterocycles. The lowest BCUT2D eigenvalue weighted by Gasteiger charge is -2.25. The van der Waals surface area contributed by atoms with Crippen LogP contribution < -0.4 is 0 Å². The van der Waals surface area contributed by atoms with Crippen LogP contribution in [0.1, 0.15) is 62.2 Å². The minimum Gasteiger partial charge on any atom is -0.481 e. The number of aliphatic carboxylic acids is 1. The molecule has 1 fully saturated rings. The molecule has 1 saturated carbocycles. The van der Waals surface area contributed by atoms with Gasteiger partial charge in [0.1, 0.15) is 5.82 Å². The second-order valence-electron chi connectivity index (χ2n) is 9.17. The van der Waals surface area contributed by atoms with Gasteiger partial charge in [-0.2, -0.15) is 5.10 Å². The molecule has 5 rings (SSSR count). The highest BCUT2D eigenvalue weighted by Crippen LogP contribution is 2.35. The number of tetrazole rings is 1. The molecule has 2 aromatic carbocycles. The summed E-state index contributed by atoms with van der Waals surface area (Å²) in [5, 5.41) is 28.5. The number of hydrogen-bond acceptors (Lipinski definition) is 6. The average molecular weight is 472 g/mol. The van der Waals surface area contributed by atoms with Crippen molar-refractivity contribution in [2.24, 2.45) is 5.92 Å². The van der Waals surface area contributed by atoms with Gasteiger partial charge in [-0.05, 0) is 59.2 Å². The van der Waals surface area contributed by atoms with Crippen LogP contribution in [0.4, 0.5) is 0 Å². The van der Waals surface area contributed by atoms with Crippen LogP contribution in [0.25, 0.3) is 22.5 Å². The molecule has 0 radical (unpaired) electrons. The lowest BCUT2D eigenvalue weighted by atomic mass is 9.81. The number of aryl methyl sites for hydroxylation is 1. The Labute approximate surface area is 203 Å². The second-order valence-corrected chi connectivity index (χ2v) is 9.17. The summed E-state index contributed by atoms with van der Waals surface area (Å²) in [5.41, 5.74) is 4.23. The summed E-state index contributed by atoms with van der Waals surface area (Å²) in [6.07, 6.45) is 4.91. The molecule has 1 aliphatic rings. The summed E-state index contributed by atoms with van der Waals surface area (Å²) in [6, 6.07) is 16.5. The molecule has 2 heterocycles. The number of nitrogens with one attached hydrogen (secondary N) is 1. The number of H-pyrrole nitrogens is 1. The quantitative estimate of drug-likeness (QED) is 0.388. The van der Waals surface area contributed by atoms with Gasteiger partial charge in [0, 0.05) is 17.9 Å². The molecule has 1 aliphatic carbocycles. The number of nitrogens with zero attached hydrogens (tertiary/aromatic N) is 6. The molecule has 9 heteroatoms. The largest absolute Gasteiger partial charge is 0.481 e. The first-order chi connectivity index (χ1) is 17.1. The van der Waals surface area contributed by atoms with E-state index in [9.17, 15) is 9.90 Å². The Hall–Kier alpha value is -3.88. The summed E-state index contributed by atoms with van der Waals surface area (Å²) >= 11 is 0. The van der Waals surface area contributed by atoms with Crippen molar-refractivity contribution in [3.63, 3.8) is 0 Å². The maximum atomic E-state index is 11.4. The van der Waals surface area contributed by atoms with Gasteiger partial charge >= 0.3 is 5.97 Å². The Bertz CT molecular complexity index is 1270. The van der Waals surface area contributed by atoms with E-state index in [0.29, 0.717) is 25.2 Å². The van der Waals surface area contributed by atoms with E-state index in [1.807, 2.05) is 22.9 Å². The first-order valence-electron chi connectivity index (χ1n) is 12.2. The molecule has 35 heavy (non-hydrogen) atoms. The molecule has 0 aliphatic heterocycles. The smallest absolute Gasteiger partial charge is 0.306 e. The van der Waals surface area contributed by atoms with Crippen molar-refractivity contribution in [1.29, 1.82) is 0 Å². The fraction of sp³-hybridized carbons (Fsp3) is 0.385. The van der Waals surface area contributed by atoms with Gasteiger partial charge in [-0.15, -0.1) is 5.10 Å². The predicted octanol–water partition coefficient (Wildman–Crippen LogP) is 4.48. The van der Waals surface area contributed by atoms with Gasteiger partial charge in [0.25, 0.3) is 0 Å². The fourth-order valence-electron chi connectivity index (χ4n) is 4.93. The van der Waals surface area contributed by atoms with Crippen LogP contribution in [-0.2, 0) is 17.8 Å². The van der Waals surface area contributed by atoms with Crippen molar-refractivity contribution < 1.29 is 9.90 Å². The summed E-state index contributed by atoms with van der Waals surface area (Å²) < 4.78 is 2.03. The van der Waals surface area contributed by atoms with Gasteiger partial charge in [0.05, 0.1) is 12.5 Å². The zero-order chi connectivity index (χ0) is 24.2. The van der Waals surface area contributed by atoms with Crippen molar-refractivity contribution in [1.82, 2.24) is 35.4 Å². The maximum Gasteiger partial charge on any atom is 0.306 e. The van der Waals surface area contributed by atoms with Crippen LogP contribution in [-0.4, -0.2) is 46.5 Å². The van der Waals surface area contributed by atoms with E-state index in [2.05, 4.69) is 57.9 Å². The van der Waals surface area contributed by atoms with Crippen LogP contribution in [0.3, 0.4) is 0 Å². The van der Waals surface area contributed by atoms with E-state index >= 15 is 0 Å². The van der Waals surface area contributed by atoms with E-state index in [1.54, 1.807) is 0 Å². The van der Waals surface area contributed by atoms with E-state index in [-0.39, 0.29) is 11.8 Å². The Morgan fingerprint density at radius 3 is 2.46 bits per heavy atom. The molecule has 0 saturated heterocycles. The first kappa shape index (κ1) is 22.9. The Kier molecular flexibility index (Phi) is 6.65. The van der Waals surface area contributed by atoms with Crippen molar-refractivity contribution in [3.8, 4) is 22.5 Å². The minimum absolute atomic E-state index is 0.235. The number of hydrogen-bond donors (Lipinski definition) is 2. The normalized spacial score (nSPS) is 18.0. The van der Waals surface area contributed by atoms with E-state index in [0.717, 1.165) is 59.6 Å². The van der Waals surface area contributed by atoms with Crippen LogP contribution >= 0.6 is 0 Å². The van der Waals surface area contributed by atoms with Crippen molar-refractivity contribution in [2.75, 3.05) is 0 Å². The summed E-state index contributed by atoms with van der Waals surface area (Å²) in [6.45, 7) is 2.77. The lowest BCUT2D eigenvalue weighted by Crippen LogP contribution is -2.22. The molecule has 180 valence electrons. The van der Waals surface area contributed by atoms with Crippen molar-refractivity contribution in [3.05, 3.63) is 65.7 Å². The molecule has 4 aromatic rings. The number of aromatic nitrogens is 7. The average Bonchev–Trinajstić information content (AvgIpc) is 3.55. The van der Waals surface area contributed by atoms with Crippen molar-refractivity contribution >= 4 is 5.97 Å².